The van der Waals surface area contributed by atoms with Crippen LogP contribution in [-0.4, -0.2) is 31.4 Å². The molecule has 0 aromatic carbocycles. The lowest BCUT2D eigenvalue weighted by atomic mass is 10.1. The molecule has 70 valence electrons. The van der Waals surface area contributed by atoms with Crippen LogP contribution in [-0.2, 0) is 4.79 Å². The van der Waals surface area contributed by atoms with Crippen LogP contribution in [0.2, 0.25) is 0 Å². The summed E-state index contributed by atoms with van der Waals surface area (Å²) in [5, 5.41) is 2.87. The highest BCUT2D eigenvalue weighted by atomic mass is 16.1. The van der Waals surface area contributed by atoms with Crippen LogP contribution in [0.25, 0.3) is 0 Å². The zero-order valence-corrected chi connectivity index (χ0v) is 7.50. The van der Waals surface area contributed by atoms with Crippen LogP contribution in [0.3, 0.4) is 0 Å². The standard InChI is InChI=1S/C7H16N4O/c1-5(12)6(10-2)3-4-11-7(8)9/h6,10H,3-4H2,1-2H3,(H4,8,9,11). The van der Waals surface area contributed by atoms with Crippen molar-refractivity contribution in [2.75, 3.05) is 13.6 Å². The number of ketones is 1. The molecule has 0 radical (unpaired) electrons. The van der Waals surface area contributed by atoms with Crippen molar-refractivity contribution in [1.82, 2.24) is 5.32 Å². The Hall–Kier alpha value is -1.10. The molecule has 1 unspecified atom stereocenters. The third kappa shape index (κ3) is 4.68. The number of aliphatic imine (C=N–C) groups is 1. The van der Waals surface area contributed by atoms with Gasteiger partial charge >= 0.3 is 0 Å². The Kier molecular flexibility index (Phi) is 5.03. The molecule has 0 fully saturated rings. The third-order valence-corrected chi connectivity index (χ3v) is 1.55. The second kappa shape index (κ2) is 5.54. The lowest BCUT2D eigenvalue weighted by Crippen LogP contribution is -2.33. The maximum Gasteiger partial charge on any atom is 0.185 e. The molecule has 0 spiro atoms. The Morgan fingerprint density at radius 1 is 1.58 bits per heavy atom. The molecule has 0 aliphatic rings. The van der Waals surface area contributed by atoms with Crippen molar-refractivity contribution in [3.63, 3.8) is 0 Å². The average Bonchev–Trinajstić information content (AvgIpc) is 1.96. The molecule has 5 nitrogen and oxygen atoms in total. The van der Waals surface area contributed by atoms with E-state index in [2.05, 4.69) is 10.3 Å². The van der Waals surface area contributed by atoms with Crippen molar-refractivity contribution < 1.29 is 4.79 Å². The molecule has 0 rings (SSSR count). The maximum absolute atomic E-state index is 10.9. The first kappa shape index (κ1) is 10.9. The Bertz CT molecular complexity index is 174. The summed E-state index contributed by atoms with van der Waals surface area (Å²) in [7, 11) is 1.74. The Morgan fingerprint density at radius 2 is 2.17 bits per heavy atom. The number of guanidine groups is 1. The van der Waals surface area contributed by atoms with Gasteiger partial charge in [0, 0.05) is 6.54 Å². The molecule has 0 aromatic heterocycles. The first-order chi connectivity index (χ1) is 5.57. The maximum atomic E-state index is 10.9. The monoisotopic (exact) mass is 172 g/mol. The molecule has 0 bridgehead atoms. The van der Waals surface area contributed by atoms with E-state index in [-0.39, 0.29) is 17.8 Å². The first-order valence-electron chi connectivity index (χ1n) is 3.81. The lowest BCUT2D eigenvalue weighted by Gasteiger charge is -2.09. The summed E-state index contributed by atoms with van der Waals surface area (Å²) >= 11 is 0. The normalized spacial score (nSPS) is 12.2. The minimum Gasteiger partial charge on any atom is -0.370 e. The molecule has 5 heteroatoms. The fraction of sp³-hybridized carbons (Fsp3) is 0.714. The summed E-state index contributed by atoms with van der Waals surface area (Å²) in [6, 6.07) is -0.145. The van der Waals surface area contributed by atoms with Crippen LogP contribution < -0.4 is 16.8 Å². The molecular formula is C7H16N4O. The fourth-order valence-corrected chi connectivity index (χ4v) is 0.874. The highest BCUT2D eigenvalue weighted by Gasteiger charge is 2.09. The van der Waals surface area contributed by atoms with Crippen LogP contribution in [0, 0.1) is 0 Å². The van der Waals surface area contributed by atoms with Gasteiger partial charge in [-0.05, 0) is 20.4 Å². The molecule has 0 aromatic rings. The predicted molar refractivity (Wildman–Crippen MR) is 48.8 cm³/mol. The van der Waals surface area contributed by atoms with Crippen molar-refractivity contribution in [3.05, 3.63) is 0 Å². The van der Waals surface area contributed by atoms with Crippen molar-refractivity contribution >= 4 is 11.7 Å². The van der Waals surface area contributed by atoms with Crippen molar-refractivity contribution in [1.29, 1.82) is 0 Å². The Labute approximate surface area is 72.2 Å². The number of Topliss-reactive ketones (excluding diaryl/α,β-unsaturated/α-hetero) is 1. The van der Waals surface area contributed by atoms with E-state index in [0.717, 1.165) is 0 Å². The Balaban J connectivity index is 3.74. The lowest BCUT2D eigenvalue weighted by molar-refractivity contribution is -0.118. The summed E-state index contributed by atoms with van der Waals surface area (Å²) in [6.45, 7) is 2.02. The smallest absolute Gasteiger partial charge is 0.185 e. The van der Waals surface area contributed by atoms with Crippen LogP contribution in [0.1, 0.15) is 13.3 Å². The number of carbonyl (C=O) groups is 1. The molecule has 1 atom stereocenters. The quantitative estimate of drug-likeness (QED) is 0.359. The number of nitrogens with zero attached hydrogens (tertiary/aromatic N) is 1. The van der Waals surface area contributed by atoms with E-state index < -0.39 is 0 Å². The van der Waals surface area contributed by atoms with Gasteiger partial charge in [0.1, 0.15) is 5.78 Å². The molecule has 5 N–H and O–H groups in total. The summed E-state index contributed by atoms with van der Waals surface area (Å²) < 4.78 is 0. The van der Waals surface area contributed by atoms with Gasteiger partial charge in [0.15, 0.2) is 5.96 Å². The second-order valence-corrected chi connectivity index (χ2v) is 2.55. The highest BCUT2D eigenvalue weighted by molar-refractivity contribution is 5.81. The van der Waals surface area contributed by atoms with E-state index in [4.69, 9.17) is 11.5 Å². The zero-order valence-electron chi connectivity index (χ0n) is 7.50. The molecule has 12 heavy (non-hydrogen) atoms. The van der Waals surface area contributed by atoms with E-state index in [0.29, 0.717) is 13.0 Å². The molecule has 0 heterocycles. The van der Waals surface area contributed by atoms with Gasteiger partial charge in [-0.25, -0.2) is 0 Å². The number of carbonyl (C=O) groups excluding carboxylic acids is 1. The summed E-state index contributed by atoms with van der Waals surface area (Å²) in [6.07, 6.45) is 0.629. The van der Waals surface area contributed by atoms with Gasteiger partial charge in [0.05, 0.1) is 6.04 Å². The van der Waals surface area contributed by atoms with Crippen LogP contribution in [0.5, 0.6) is 0 Å². The van der Waals surface area contributed by atoms with Gasteiger partial charge in [0.2, 0.25) is 0 Å². The molecule has 0 saturated carbocycles. The number of rotatable bonds is 5. The third-order valence-electron chi connectivity index (χ3n) is 1.55. The summed E-state index contributed by atoms with van der Waals surface area (Å²) in [5.74, 6) is 0.164. The number of hydrogen-bond acceptors (Lipinski definition) is 3. The fourth-order valence-electron chi connectivity index (χ4n) is 0.874. The largest absolute Gasteiger partial charge is 0.370 e. The van der Waals surface area contributed by atoms with E-state index >= 15 is 0 Å². The number of hydrogen-bond donors (Lipinski definition) is 3. The highest BCUT2D eigenvalue weighted by Crippen LogP contribution is 1.92. The van der Waals surface area contributed by atoms with Crippen LogP contribution >= 0.6 is 0 Å². The first-order valence-corrected chi connectivity index (χ1v) is 3.81. The molecule has 0 amide bonds. The number of nitrogens with one attached hydrogen (secondary N) is 1. The van der Waals surface area contributed by atoms with Gasteiger partial charge < -0.3 is 16.8 Å². The number of likely N-dealkylation sites (N-methyl/N-ethyl adjacent to an activating group) is 1. The summed E-state index contributed by atoms with van der Waals surface area (Å²) in [5.41, 5.74) is 10.2. The van der Waals surface area contributed by atoms with E-state index in [1.165, 1.54) is 6.92 Å². The van der Waals surface area contributed by atoms with Crippen molar-refractivity contribution in [3.8, 4) is 0 Å². The molecule has 0 aliphatic heterocycles. The SMILES string of the molecule is CNC(CCN=C(N)N)C(C)=O. The Morgan fingerprint density at radius 3 is 2.50 bits per heavy atom. The predicted octanol–water partition coefficient (Wildman–Crippen LogP) is -1.17. The number of nitrogens with two attached hydrogens (primary N) is 2. The molecular weight excluding hydrogens is 156 g/mol. The zero-order chi connectivity index (χ0) is 9.56. The van der Waals surface area contributed by atoms with Gasteiger partial charge in [-0.15, -0.1) is 0 Å². The van der Waals surface area contributed by atoms with Gasteiger partial charge in [-0.2, -0.15) is 0 Å². The average molecular weight is 172 g/mol. The van der Waals surface area contributed by atoms with Crippen molar-refractivity contribution in [2.45, 2.75) is 19.4 Å². The van der Waals surface area contributed by atoms with Gasteiger partial charge in [0.25, 0.3) is 0 Å². The molecule has 0 aliphatic carbocycles. The topological polar surface area (TPSA) is 93.5 Å². The minimum absolute atomic E-state index is 0.0633. The van der Waals surface area contributed by atoms with Crippen LogP contribution in [0.4, 0.5) is 0 Å². The van der Waals surface area contributed by atoms with E-state index in [9.17, 15) is 4.79 Å². The van der Waals surface area contributed by atoms with Crippen molar-refractivity contribution in [2.24, 2.45) is 16.5 Å². The molecule has 0 saturated heterocycles. The van der Waals surface area contributed by atoms with Gasteiger partial charge in [-0.3, -0.25) is 9.79 Å². The summed E-state index contributed by atoms with van der Waals surface area (Å²) in [4.78, 5) is 14.7. The van der Waals surface area contributed by atoms with Gasteiger partial charge in [-0.1, -0.05) is 0 Å². The van der Waals surface area contributed by atoms with Crippen LogP contribution in [0.15, 0.2) is 4.99 Å². The minimum atomic E-state index is -0.145. The van der Waals surface area contributed by atoms with E-state index in [1.807, 2.05) is 0 Å². The second-order valence-electron chi connectivity index (χ2n) is 2.55. The van der Waals surface area contributed by atoms with E-state index in [1.54, 1.807) is 7.05 Å².